The molecule has 2 heterocycles. The summed E-state index contributed by atoms with van der Waals surface area (Å²) >= 11 is 0. The molecule has 1 aromatic carbocycles. The van der Waals surface area contributed by atoms with Crippen molar-refractivity contribution in [1.82, 2.24) is 15.1 Å². The van der Waals surface area contributed by atoms with Crippen LogP contribution in [0.15, 0.2) is 30.3 Å². The SMILES string of the molecule is CCOC(=O)C(CCc1ccccc1)NC(C)C(=O)N1CC2CCCN2CC1C(=O)O. The first-order valence-electron chi connectivity index (χ1n) is 11.1. The number of hydrogen-bond acceptors (Lipinski definition) is 6. The fourth-order valence-corrected chi connectivity index (χ4v) is 4.56. The standard InChI is InChI=1S/C23H33N3O5/c1-3-31-23(30)19(12-11-17-8-5-4-6-9-17)24-16(2)21(27)26-14-18-10-7-13-25(18)15-20(26)22(28)29/h4-6,8-9,16,18-20,24H,3,7,10-15H2,1-2H3,(H,28,29). The molecule has 4 unspecified atom stereocenters. The molecule has 1 amide bonds. The number of carbonyl (C=O) groups excluding carboxylic acids is 2. The molecule has 3 rings (SSSR count). The first-order chi connectivity index (χ1) is 14.9. The highest BCUT2D eigenvalue weighted by atomic mass is 16.5. The molecule has 0 saturated carbocycles. The molecule has 4 atom stereocenters. The van der Waals surface area contributed by atoms with Gasteiger partial charge in [0.25, 0.3) is 0 Å². The molecule has 1 aromatic rings. The van der Waals surface area contributed by atoms with Crippen LogP contribution in [0.5, 0.6) is 0 Å². The fraction of sp³-hybridized carbons (Fsp3) is 0.609. The van der Waals surface area contributed by atoms with Gasteiger partial charge in [0.2, 0.25) is 5.91 Å². The Hall–Kier alpha value is -2.45. The van der Waals surface area contributed by atoms with E-state index in [1.54, 1.807) is 13.8 Å². The topological polar surface area (TPSA) is 99.2 Å². The quantitative estimate of drug-likeness (QED) is 0.569. The summed E-state index contributed by atoms with van der Waals surface area (Å²) in [4.78, 5) is 41.2. The number of nitrogens with one attached hydrogen (secondary N) is 1. The number of aliphatic carboxylic acids is 1. The minimum absolute atomic E-state index is 0.214. The van der Waals surface area contributed by atoms with E-state index in [0.717, 1.165) is 24.9 Å². The number of hydrogen-bond donors (Lipinski definition) is 2. The van der Waals surface area contributed by atoms with E-state index in [1.807, 2.05) is 30.3 Å². The number of aryl methyl sites for hydroxylation is 1. The van der Waals surface area contributed by atoms with Gasteiger partial charge in [0, 0.05) is 19.1 Å². The van der Waals surface area contributed by atoms with Crippen LogP contribution < -0.4 is 5.32 Å². The number of nitrogens with zero attached hydrogens (tertiary/aromatic N) is 2. The smallest absolute Gasteiger partial charge is 0.327 e. The summed E-state index contributed by atoms with van der Waals surface area (Å²) < 4.78 is 5.21. The Morgan fingerprint density at radius 2 is 1.97 bits per heavy atom. The van der Waals surface area contributed by atoms with E-state index in [1.165, 1.54) is 4.90 Å². The maximum Gasteiger partial charge on any atom is 0.327 e. The average Bonchev–Trinajstić information content (AvgIpc) is 3.23. The van der Waals surface area contributed by atoms with Crippen LogP contribution in [0.2, 0.25) is 0 Å². The second kappa shape index (κ2) is 10.7. The molecular weight excluding hydrogens is 398 g/mol. The fourth-order valence-electron chi connectivity index (χ4n) is 4.56. The van der Waals surface area contributed by atoms with Crippen LogP contribution in [-0.2, 0) is 25.5 Å². The highest BCUT2D eigenvalue weighted by molar-refractivity contribution is 5.88. The van der Waals surface area contributed by atoms with Gasteiger partial charge in [-0.1, -0.05) is 30.3 Å². The van der Waals surface area contributed by atoms with E-state index < -0.39 is 30.1 Å². The number of fused-ring (bicyclic) bond motifs is 1. The molecule has 0 radical (unpaired) electrons. The van der Waals surface area contributed by atoms with Crippen LogP contribution in [0.4, 0.5) is 0 Å². The number of carboxylic acid groups (broad SMARTS) is 1. The molecule has 8 nitrogen and oxygen atoms in total. The Morgan fingerprint density at radius 3 is 2.65 bits per heavy atom. The molecular formula is C23H33N3O5. The van der Waals surface area contributed by atoms with E-state index in [2.05, 4.69) is 10.2 Å². The third-order valence-corrected chi connectivity index (χ3v) is 6.22. The van der Waals surface area contributed by atoms with Crippen molar-refractivity contribution in [3.8, 4) is 0 Å². The Kier molecular flexibility index (Phi) is 8.03. The highest BCUT2D eigenvalue weighted by Gasteiger charge is 2.43. The van der Waals surface area contributed by atoms with Crippen LogP contribution in [0.3, 0.4) is 0 Å². The zero-order valence-electron chi connectivity index (χ0n) is 18.3. The lowest BCUT2D eigenvalue weighted by atomic mass is 10.0. The summed E-state index contributed by atoms with van der Waals surface area (Å²) in [7, 11) is 0. The molecule has 0 bridgehead atoms. The van der Waals surface area contributed by atoms with E-state index >= 15 is 0 Å². The van der Waals surface area contributed by atoms with Crippen molar-refractivity contribution < 1.29 is 24.2 Å². The number of carboxylic acids is 1. The Balaban J connectivity index is 1.67. The molecule has 2 saturated heterocycles. The van der Waals surface area contributed by atoms with Crippen LogP contribution in [-0.4, -0.2) is 83.2 Å². The molecule has 8 heteroatoms. The predicted molar refractivity (Wildman–Crippen MR) is 116 cm³/mol. The van der Waals surface area contributed by atoms with E-state index in [-0.39, 0.29) is 18.6 Å². The van der Waals surface area contributed by atoms with Crippen molar-refractivity contribution >= 4 is 17.8 Å². The van der Waals surface area contributed by atoms with Gasteiger partial charge in [-0.25, -0.2) is 4.79 Å². The lowest BCUT2D eigenvalue weighted by Gasteiger charge is -2.42. The molecule has 2 aliphatic heterocycles. The molecule has 2 fully saturated rings. The predicted octanol–water partition coefficient (Wildman–Crippen LogP) is 1.29. The normalized spacial score (nSPS) is 23.1. The summed E-state index contributed by atoms with van der Waals surface area (Å²) in [5, 5.41) is 12.8. The zero-order chi connectivity index (χ0) is 22.4. The van der Waals surface area contributed by atoms with Crippen molar-refractivity contribution in [3.05, 3.63) is 35.9 Å². The van der Waals surface area contributed by atoms with Crippen molar-refractivity contribution in [2.45, 2.75) is 63.7 Å². The van der Waals surface area contributed by atoms with Gasteiger partial charge in [-0.3, -0.25) is 19.8 Å². The van der Waals surface area contributed by atoms with Crippen molar-refractivity contribution in [2.75, 3.05) is 26.2 Å². The van der Waals surface area contributed by atoms with Gasteiger partial charge >= 0.3 is 11.9 Å². The Labute approximate surface area is 183 Å². The number of esters is 1. The maximum absolute atomic E-state index is 13.2. The van der Waals surface area contributed by atoms with Crippen LogP contribution in [0.1, 0.15) is 38.7 Å². The minimum atomic E-state index is -0.989. The monoisotopic (exact) mass is 431 g/mol. The minimum Gasteiger partial charge on any atom is -0.480 e. The van der Waals surface area contributed by atoms with Crippen molar-refractivity contribution in [1.29, 1.82) is 0 Å². The van der Waals surface area contributed by atoms with E-state index in [0.29, 0.717) is 25.9 Å². The van der Waals surface area contributed by atoms with Gasteiger partial charge < -0.3 is 14.7 Å². The first kappa shape index (κ1) is 23.2. The summed E-state index contributed by atoms with van der Waals surface area (Å²) in [6.45, 7) is 5.35. The Morgan fingerprint density at radius 1 is 1.23 bits per heavy atom. The largest absolute Gasteiger partial charge is 0.480 e. The van der Waals surface area contributed by atoms with Crippen LogP contribution in [0, 0.1) is 0 Å². The molecule has 0 aromatic heterocycles. The summed E-state index contributed by atoms with van der Waals surface area (Å²) in [5.41, 5.74) is 1.10. The average molecular weight is 432 g/mol. The van der Waals surface area contributed by atoms with Crippen LogP contribution in [0.25, 0.3) is 0 Å². The third kappa shape index (κ3) is 5.83. The van der Waals surface area contributed by atoms with Crippen LogP contribution >= 0.6 is 0 Å². The number of rotatable bonds is 9. The lowest BCUT2D eigenvalue weighted by molar-refractivity contribution is -0.156. The second-order valence-corrected chi connectivity index (χ2v) is 8.35. The molecule has 2 N–H and O–H groups in total. The third-order valence-electron chi connectivity index (χ3n) is 6.22. The molecule has 31 heavy (non-hydrogen) atoms. The number of carbonyl (C=O) groups is 3. The summed E-state index contributed by atoms with van der Waals surface area (Å²) in [6.07, 6.45) is 3.15. The molecule has 0 spiro atoms. The number of benzene rings is 1. The first-order valence-corrected chi connectivity index (χ1v) is 11.1. The van der Waals surface area contributed by atoms with Gasteiger partial charge in [0.15, 0.2) is 0 Å². The van der Waals surface area contributed by atoms with E-state index in [9.17, 15) is 19.5 Å². The van der Waals surface area contributed by atoms with Gasteiger partial charge in [0.05, 0.1) is 12.6 Å². The summed E-state index contributed by atoms with van der Waals surface area (Å²) in [5.74, 6) is -1.67. The van der Waals surface area contributed by atoms with Crippen molar-refractivity contribution in [3.63, 3.8) is 0 Å². The van der Waals surface area contributed by atoms with Crippen molar-refractivity contribution in [2.24, 2.45) is 0 Å². The molecule has 0 aliphatic carbocycles. The second-order valence-electron chi connectivity index (χ2n) is 8.35. The van der Waals surface area contributed by atoms with Gasteiger partial charge in [0.1, 0.15) is 12.1 Å². The highest BCUT2D eigenvalue weighted by Crippen LogP contribution is 2.25. The lowest BCUT2D eigenvalue weighted by Crippen LogP contribution is -2.63. The zero-order valence-corrected chi connectivity index (χ0v) is 18.3. The van der Waals surface area contributed by atoms with E-state index in [4.69, 9.17) is 4.74 Å². The number of ether oxygens (including phenoxy) is 1. The maximum atomic E-state index is 13.2. The molecule has 170 valence electrons. The molecule has 2 aliphatic rings. The van der Waals surface area contributed by atoms with Gasteiger partial charge in [-0.05, 0) is 51.6 Å². The number of piperazine rings is 1. The van der Waals surface area contributed by atoms with Gasteiger partial charge in [-0.2, -0.15) is 0 Å². The Bertz CT molecular complexity index is 772. The summed E-state index contributed by atoms with van der Waals surface area (Å²) in [6, 6.07) is 7.84. The van der Waals surface area contributed by atoms with Gasteiger partial charge in [-0.15, -0.1) is 0 Å². The number of amides is 1.